The third kappa shape index (κ3) is 4.76. The standard InChI is InChI=1S/C21H25N3O3/c1-4-5-6-7-11-24-20(25)18(13-22)15(2)19(21(24)26)14-23-16-9-8-10-17(12-16)27-3/h8-10,12,14,26H,4-7,11H2,1-3H3. The van der Waals surface area contributed by atoms with Gasteiger partial charge in [0.05, 0.1) is 18.4 Å². The maximum Gasteiger partial charge on any atom is 0.271 e. The smallest absolute Gasteiger partial charge is 0.271 e. The van der Waals surface area contributed by atoms with Gasteiger partial charge in [-0.3, -0.25) is 14.4 Å². The van der Waals surface area contributed by atoms with E-state index in [0.29, 0.717) is 29.1 Å². The van der Waals surface area contributed by atoms with Gasteiger partial charge in [-0.25, -0.2) is 0 Å². The van der Waals surface area contributed by atoms with Gasteiger partial charge in [-0.15, -0.1) is 0 Å². The van der Waals surface area contributed by atoms with Crippen LogP contribution in [0.3, 0.4) is 0 Å². The average Bonchev–Trinajstić information content (AvgIpc) is 2.67. The largest absolute Gasteiger partial charge is 0.497 e. The zero-order valence-electron chi connectivity index (χ0n) is 16.0. The number of pyridine rings is 1. The summed E-state index contributed by atoms with van der Waals surface area (Å²) in [5.74, 6) is 0.517. The molecule has 0 amide bonds. The fourth-order valence-corrected chi connectivity index (χ4v) is 2.86. The third-order valence-corrected chi connectivity index (χ3v) is 4.48. The molecule has 27 heavy (non-hydrogen) atoms. The Kier molecular flexibility index (Phi) is 7.18. The Labute approximate surface area is 159 Å². The predicted molar refractivity (Wildman–Crippen MR) is 106 cm³/mol. The van der Waals surface area contributed by atoms with Crippen LogP contribution in [0.25, 0.3) is 0 Å². The van der Waals surface area contributed by atoms with E-state index in [1.165, 1.54) is 10.8 Å². The van der Waals surface area contributed by atoms with Crippen molar-refractivity contribution in [1.82, 2.24) is 4.57 Å². The molecule has 1 aromatic carbocycles. The first-order valence-corrected chi connectivity index (χ1v) is 9.08. The Hall–Kier alpha value is -3.07. The van der Waals surface area contributed by atoms with Gasteiger partial charge in [-0.05, 0) is 31.0 Å². The van der Waals surface area contributed by atoms with Crippen LogP contribution < -0.4 is 10.3 Å². The summed E-state index contributed by atoms with van der Waals surface area (Å²) in [5.41, 5.74) is 1.03. The molecule has 0 aliphatic rings. The first-order chi connectivity index (χ1) is 13.0. The molecule has 0 unspecified atom stereocenters. The van der Waals surface area contributed by atoms with E-state index in [-0.39, 0.29) is 11.4 Å². The number of benzene rings is 1. The van der Waals surface area contributed by atoms with Crippen LogP contribution in [0, 0.1) is 18.3 Å². The molecule has 1 heterocycles. The second kappa shape index (κ2) is 9.58. The number of aromatic nitrogens is 1. The van der Waals surface area contributed by atoms with E-state index in [2.05, 4.69) is 11.9 Å². The number of aliphatic imine (C=N–C) groups is 1. The van der Waals surface area contributed by atoms with E-state index in [1.54, 1.807) is 26.2 Å². The molecule has 6 heteroatoms. The van der Waals surface area contributed by atoms with Crippen LogP contribution in [0.2, 0.25) is 0 Å². The van der Waals surface area contributed by atoms with Crippen molar-refractivity contribution in [3.63, 3.8) is 0 Å². The number of unbranched alkanes of at least 4 members (excludes halogenated alkanes) is 3. The van der Waals surface area contributed by atoms with Crippen LogP contribution in [0.4, 0.5) is 5.69 Å². The molecule has 2 rings (SSSR count). The number of ether oxygens (including phenoxy) is 1. The van der Waals surface area contributed by atoms with Gasteiger partial charge in [0, 0.05) is 18.8 Å². The Balaban J connectivity index is 2.44. The molecule has 0 radical (unpaired) electrons. The van der Waals surface area contributed by atoms with Gasteiger partial charge in [0.15, 0.2) is 0 Å². The summed E-state index contributed by atoms with van der Waals surface area (Å²) >= 11 is 0. The highest BCUT2D eigenvalue weighted by Gasteiger charge is 2.17. The van der Waals surface area contributed by atoms with Crippen molar-refractivity contribution in [2.24, 2.45) is 4.99 Å². The number of hydrogen-bond donors (Lipinski definition) is 1. The van der Waals surface area contributed by atoms with E-state index in [1.807, 2.05) is 18.2 Å². The minimum Gasteiger partial charge on any atom is -0.497 e. The lowest BCUT2D eigenvalue weighted by molar-refractivity contribution is 0.397. The van der Waals surface area contributed by atoms with Gasteiger partial charge in [0.2, 0.25) is 5.88 Å². The van der Waals surface area contributed by atoms with Crippen molar-refractivity contribution in [1.29, 1.82) is 5.26 Å². The third-order valence-electron chi connectivity index (χ3n) is 4.48. The second-order valence-corrected chi connectivity index (χ2v) is 6.33. The summed E-state index contributed by atoms with van der Waals surface area (Å²) in [6.45, 7) is 4.13. The van der Waals surface area contributed by atoms with Crippen molar-refractivity contribution >= 4 is 11.9 Å². The van der Waals surface area contributed by atoms with Crippen LogP contribution in [0.15, 0.2) is 34.1 Å². The van der Waals surface area contributed by atoms with E-state index < -0.39 is 5.56 Å². The highest BCUT2D eigenvalue weighted by atomic mass is 16.5. The van der Waals surface area contributed by atoms with E-state index in [0.717, 1.165) is 25.7 Å². The molecule has 0 aliphatic heterocycles. The van der Waals surface area contributed by atoms with Gasteiger partial charge in [-0.1, -0.05) is 32.3 Å². The summed E-state index contributed by atoms with van der Waals surface area (Å²) in [6, 6.07) is 9.15. The summed E-state index contributed by atoms with van der Waals surface area (Å²) in [6.07, 6.45) is 5.36. The lowest BCUT2D eigenvalue weighted by Crippen LogP contribution is -2.25. The van der Waals surface area contributed by atoms with Gasteiger partial charge in [-0.2, -0.15) is 5.26 Å². The Morgan fingerprint density at radius 1 is 1.33 bits per heavy atom. The van der Waals surface area contributed by atoms with Gasteiger partial charge >= 0.3 is 0 Å². The Bertz CT molecular complexity index is 923. The number of nitriles is 1. The van der Waals surface area contributed by atoms with E-state index in [4.69, 9.17) is 4.74 Å². The van der Waals surface area contributed by atoms with Crippen LogP contribution in [-0.4, -0.2) is 23.0 Å². The van der Waals surface area contributed by atoms with Crippen LogP contribution in [-0.2, 0) is 6.54 Å². The van der Waals surface area contributed by atoms with E-state index in [9.17, 15) is 15.2 Å². The highest BCUT2D eigenvalue weighted by molar-refractivity contribution is 5.87. The van der Waals surface area contributed by atoms with Crippen molar-refractivity contribution in [2.45, 2.75) is 46.1 Å². The van der Waals surface area contributed by atoms with Gasteiger partial charge < -0.3 is 9.84 Å². The van der Waals surface area contributed by atoms with Crippen molar-refractivity contribution < 1.29 is 9.84 Å². The first kappa shape index (κ1) is 20.2. The van der Waals surface area contributed by atoms with Crippen LogP contribution >= 0.6 is 0 Å². The minimum atomic E-state index is -0.456. The lowest BCUT2D eigenvalue weighted by Gasteiger charge is -2.14. The molecule has 142 valence electrons. The monoisotopic (exact) mass is 367 g/mol. The Morgan fingerprint density at radius 2 is 2.11 bits per heavy atom. The molecule has 0 atom stereocenters. The zero-order chi connectivity index (χ0) is 19.8. The fraction of sp³-hybridized carbons (Fsp3) is 0.381. The lowest BCUT2D eigenvalue weighted by atomic mass is 10.1. The second-order valence-electron chi connectivity index (χ2n) is 6.33. The summed E-state index contributed by atoms with van der Waals surface area (Å²) in [4.78, 5) is 16.9. The molecule has 6 nitrogen and oxygen atoms in total. The number of nitrogens with zero attached hydrogens (tertiary/aromatic N) is 3. The highest BCUT2D eigenvalue weighted by Crippen LogP contribution is 2.23. The number of aromatic hydroxyl groups is 1. The molecular formula is C21H25N3O3. The van der Waals surface area contributed by atoms with E-state index >= 15 is 0 Å². The van der Waals surface area contributed by atoms with Gasteiger partial charge in [0.1, 0.15) is 17.4 Å². The molecular weight excluding hydrogens is 342 g/mol. The normalized spacial score (nSPS) is 10.9. The molecule has 0 spiro atoms. The summed E-state index contributed by atoms with van der Waals surface area (Å²) in [7, 11) is 1.58. The SMILES string of the molecule is CCCCCCn1c(O)c(C=Nc2cccc(OC)c2)c(C)c(C#N)c1=O. The van der Waals surface area contributed by atoms with Crippen LogP contribution in [0.5, 0.6) is 11.6 Å². The molecule has 0 saturated heterocycles. The maximum absolute atomic E-state index is 12.5. The minimum absolute atomic E-state index is 0.0374. The van der Waals surface area contributed by atoms with Gasteiger partial charge in [0.25, 0.3) is 5.56 Å². The molecule has 1 N–H and O–H groups in total. The average molecular weight is 367 g/mol. The summed E-state index contributed by atoms with van der Waals surface area (Å²) in [5, 5.41) is 20.0. The predicted octanol–water partition coefficient (Wildman–Crippen LogP) is 4.07. The quantitative estimate of drug-likeness (QED) is 0.563. The molecule has 0 saturated carbocycles. The first-order valence-electron chi connectivity index (χ1n) is 9.08. The summed E-state index contributed by atoms with van der Waals surface area (Å²) < 4.78 is 6.45. The van der Waals surface area contributed by atoms with Crippen LogP contribution in [0.1, 0.15) is 49.3 Å². The van der Waals surface area contributed by atoms with Crippen molar-refractivity contribution in [3.8, 4) is 17.7 Å². The molecule has 0 fully saturated rings. The number of hydrogen-bond acceptors (Lipinski definition) is 5. The maximum atomic E-state index is 12.5. The molecule has 1 aromatic heterocycles. The number of rotatable bonds is 8. The number of methoxy groups -OCH3 is 1. The zero-order valence-corrected chi connectivity index (χ0v) is 16.0. The fourth-order valence-electron chi connectivity index (χ4n) is 2.86. The molecule has 2 aromatic rings. The molecule has 0 bridgehead atoms. The van der Waals surface area contributed by atoms with Crippen molar-refractivity contribution in [3.05, 3.63) is 51.3 Å². The Morgan fingerprint density at radius 3 is 2.78 bits per heavy atom. The van der Waals surface area contributed by atoms with Crippen molar-refractivity contribution in [2.75, 3.05) is 7.11 Å². The topological polar surface area (TPSA) is 87.6 Å². The molecule has 0 aliphatic carbocycles.